The number of rotatable bonds is 11. The van der Waals surface area contributed by atoms with Gasteiger partial charge in [-0.15, -0.1) is 0 Å². The fourth-order valence-electron chi connectivity index (χ4n) is 7.89. The van der Waals surface area contributed by atoms with Crippen LogP contribution in [0.5, 0.6) is 11.6 Å². The molecule has 278 valence electrons. The number of piperidine rings is 1. The maximum Gasteiger partial charge on any atom is 0.220 e. The van der Waals surface area contributed by atoms with Crippen LogP contribution < -0.4 is 20.1 Å². The van der Waals surface area contributed by atoms with Crippen LogP contribution in [0.25, 0.3) is 33.6 Å². The van der Waals surface area contributed by atoms with Crippen molar-refractivity contribution in [2.75, 3.05) is 46.9 Å². The van der Waals surface area contributed by atoms with Gasteiger partial charge in [0.25, 0.3) is 0 Å². The molecule has 3 aliphatic rings. The highest BCUT2D eigenvalue weighted by Gasteiger charge is 2.27. The van der Waals surface area contributed by atoms with Crippen molar-refractivity contribution in [3.63, 3.8) is 0 Å². The Kier molecular flexibility index (Phi) is 11.5. The summed E-state index contributed by atoms with van der Waals surface area (Å²) in [5, 5.41) is 7.43. The zero-order valence-electron chi connectivity index (χ0n) is 30.5. The van der Waals surface area contributed by atoms with Crippen LogP contribution in [-0.2, 0) is 29.1 Å². The average Bonchev–Trinajstić information content (AvgIpc) is 3.59. The number of nitrogens with zero attached hydrogens (tertiary/aromatic N) is 4. The smallest absolute Gasteiger partial charge is 0.220 e. The summed E-state index contributed by atoms with van der Waals surface area (Å²) >= 11 is 14.3. The molecule has 0 unspecified atom stereocenters. The second-order valence-electron chi connectivity index (χ2n) is 14.2. The summed E-state index contributed by atoms with van der Waals surface area (Å²) in [4.78, 5) is 37.4. The number of hydrogen-bond donors (Lipinski definition) is 2. The molecule has 2 fully saturated rings. The SMILES string of the molecule is COc1cc(-c2nccc(-c3cccc(-c4ccc(CNC[C@H]5CCC(=O)N5)c(OC)n4)c3Cl)c2Cl)cc2c1CN(CC1CCN(C(C)=O)CC1)CC2. The van der Waals surface area contributed by atoms with Crippen molar-refractivity contribution in [2.45, 2.75) is 58.2 Å². The van der Waals surface area contributed by atoms with E-state index in [0.717, 1.165) is 92.0 Å². The monoisotopic (exact) mass is 756 g/mol. The van der Waals surface area contributed by atoms with E-state index in [2.05, 4.69) is 21.6 Å². The van der Waals surface area contributed by atoms with Gasteiger partial charge in [-0.3, -0.25) is 19.5 Å². The number of pyridine rings is 2. The second-order valence-corrected chi connectivity index (χ2v) is 15.0. The fourth-order valence-corrected chi connectivity index (χ4v) is 8.54. The van der Waals surface area contributed by atoms with Gasteiger partial charge in [0.05, 0.1) is 35.7 Å². The van der Waals surface area contributed by atoms with E-state index in [1.165, 1.54) is 11.1 Å². The van der Waals surface area contributed by atoms with Crippen LogP contribution in [0.3, 0.4) is 0 Å². The third-order valence-corrected chi connectivity index (χ3v) is 11.6. The molecule has 4 aromatic rings. The van der Waals surface area contributed by atoms with Crippen LogP contribution in [-0.4, -0.2) is 84.6 Å². The number of amides is 2. The maximum absolute atomic E-state index is 11.8. The molecule has 3 aliphatic heterocycles. The number of halogens is 2. The molecule has 2 aromatic carbocycles. The topological polar surface area (TPSA) is 109 Å². The molecular weight excluding hydrogens is 711 g/mol. The zero-order chi connectivity index (χ0) is 37.1. The first-order chi connectivity index (χ1) is 25.7. The minimum atomic E-state index is 0.103. The normalized spacial score (nSPS) is 17.8. The van der Waals surface area contributed by atoms with Crippen LogP contribution in [0, 0.1) is 5.92 Å². The number of hydrogen-bond acceptors (Lipinski definition) is 8. The van der Waals surface area contributed by atoms with E-state index >= 15 is 0 Å². The number of aromatic nitrogens is 2. The van der Waals surface area contributed by atoms with Gasteiger partial charge in [0.1, 0.15) is 5.75 Å². The first-order valence-corrected chi connectivity index (χ1v) is 19.1. The van der Waals surface area contributed by atoms with E-state index in [-0.39, 0.29) is 17.9 Å². The molecular formula is C41H46Cl2N6O4. The van der Waals surface area contributed by atoms with E-state index in [4.69, 9.17) is 42.6 Å². The van der Waals surface area contributed by atoms with Gasteiger partial charge < -0.3 is 25.0 Å². The lowest BCUT2D eigenvalue weighted by Crippen LogP contribution is -2.41. The van der Waals surface area contributed by atoms with Gasteiger partial charge in [-0.1, -0.05) is 47.5 Å². The predicted molar refractivity (Wildman–Crippen MR) is 208 cm³/mol. The maximum atomic E-state index is 11.8. The van der Waals surface area contributed by atoms with Gasteiger partial charge in [0.15, 0.2) is 0 Å². The van der Waals surface area contributed by atoms with Gasteiger partial charge in [-0.05, 0) is 61.4 Å². The molecule has 7 rings (SSSR count). The predicted octanol–water partition coefficient (Wildman–Crippen LogP) is 6.79. The number of ether oxygens (including phenoxy) is 2. The van der Waals surface area contributed by atoms with Crippen molar-refractivity contribution in [2.24, 2.45) is 5.92 Å². The molecule has 10 nitrogen and oxygen atoms in total. The van der Waals surface area contributed by atoms with Crippen LogP contribution in [0.2, 0.25) is 10.0 Å². The van der Waals surface area contributed by atoms with Crippen LogP contribution in [0.15, 0.2) is 54.7 Å². The standard InChI is InChI=1S/C41H46Cl2N6O4/c1-25(50)49-17-12-26(13-18-49)23-48-16-14-27-19-29(20-36(52-2)34(27)24-48)40-39(43)32(11-15-45-40)31-5-4-6-33(38(31)42)35-9-7-28(41(47-35)53-3)21-44-22-30-8-10-37(51)46-30/h4-7,9,11,15,19-20,26,30,44H,8,10,12-14,16-18,21-24H2,1-3H3,(H,46,51)/t30-/m1/s1. The zero-order valence-corrected chi connectivity index (χ0v) is 32.0. The molecule has 0 radical (unpaired) electrons. The first kappa shape index (κ1) is 37.1. The summed E-state index contributed by atoms with van der Waals surface area (Å²) in [6.45, 7) is 7.41. The number of carbonyl (C=O) groups excluding carboxylic acids is 2. The largest absolute Gasteiger partial charge is 0.496 e. The number of fused-ring (bicyclic) bond motifs is 1. The Morgan fingerprint density at radius 1 is 0.962 bits per heavy atom. The molecule has 12 heteroatoms. The Balaban J connectivity index is 1.09. The molecule has 5 heterocycles. The lowest BCUT2D eigenvalue weighted by Gasteiger charge is -2.36. The number of benzene rings is 2. The molecule has 0 bridgehead atoms. The Labute approximate surface area is 321 Å². The van der Waals surface area contributed by atoms with Crippen LogP contribution >= 0.6 is 23.2 Å². The van der Waals surface area contributed by atoms with E-state index in [0.29, 0.717) is 52.7 Å². The highest BCUT2D eigenvalue weighted by atomic mass is 35.5. The van der Waals surface area contributed by atoms with Crippen LogP contribution in [0.1, 0.15) is 49.3 Å². The lowest BCUT2D eigenvalue weighted by molar-refractivity contribution is -0.130. The Morgan fingerprint density at radius 2 is 1.75 bits per heavy atom. The average molecular weight is 758 g/mol. The summed E-state index contributed by atoms with van der Waals surface area (Å²) in [5.74, 6) is 2.21. The van der Waals surface area contributed by atoms with Gasteiger partial charge in [0.2, 0.25) is 17.7 Å². The lowest BCUT2D eigenvalue weighted by atomic mass is 9.91. The van der Waals surface area contributed by atoms with Gasteiger partial charge in [0, 0.05) is 105 Å². The Morgan fingerprint density at radius 3 is 2.49 bits per heavy atom. The molecule has 0 saturated carbocycles. The van der Waals surface area contributed by atoms with Gasteiger partial charge in [-0.25, -0.2) is 4.98 Å². The van der Waals surface area contributed by atoms with E-state index in [1.54, 1.807) is 27.3 Å². The van der Waals surface area contributed by atoms with Crippen molar-refractivity contribution < 1.29 is 19.1 Å². The molecule has 53 heavy (non-hydrogen) atoms. The summed E-state index contributed by atoms with van der Waals surface area (Å²) in [5.41, 5.74) is 7.92. The van der Waals surface area contributed by atoms with Gasteiger partial charge >= 0.3 is 0 Å². The minimum absolute atomic E-state index is 0.103. The third kappa shape index (κ3) is 8.16. The molecule has 0 spiro atoms. The van der Waals surface area contributed by atoms with Crippen molar-refractivity contribution in [1.29, 1.82) is 0 Å². The Hall–Kier alpha value is -4.22. The van der Waals surface area contributed by atoms with Crippen molar-refractivity contribution in [3.05, 3.63) is 81.5 Å². The molecule has 2 aromatic heterocycles. The number of methoxy groups -OCH3 is 2. The quantitative estimate of drug-likeness (QED) is 0.172. The molecule has 2 N–H and O–H groups in total. The Bertz CT molecular complexity index is 1980. The number of carbonyl (C=O) groups is 2. The third-order valence-electron chi connectivity index (χ3n) is 10.8. The van der Waals surface area contributed by atoms with E-state index in [9.17, 15) is 9.59 Å². The highest BCUT2D eigenvalue weighted by molar-refractivity contribution is 6.39. The highest BCUT2D eigenvalue weighted by Crippen LogP contribution is 2.43. The van der Waals surface area contributed by atoms with E-state index < -0.39 is 0 Å². The molecule has 1 atom stereocenters. The van der Waals surface area contributed by atoms with Crippen LogP contribution in [0.4, 0.5) is 0 Å². The fraction of sp³-hybridized carbons (Fsp3) is 0.415. The van der Waals surface area contributed by atoms with Gasteiger partial charge in [-0.2, -0.15) is 0 Å². The summed E-state index contributed by atoms with van der Waals surface area (Å²) in [7, 11) is 3.33. The first-order valence-electron chi connectivity index (χ1n) is 18.4. The van der Waals surface area contributed by atoms with Crippen molar-refractivity contribution >= 4 is 35.0 Å². The number of likely N-dealkylation sites (tertiary alicyclic amines) is 1. The minimum Gasteiger partial charge on any atom is -0.496 e. The second kappa shape index (κ2) is 16.4. The molecule has 2 amide bonds. The van der Waals surface area contributed by atoms with Crippen molar-refractivity contribution in [1.82, 2.24) is 30.4 Å². The molecule has 2 saturated heterocycles. The summed E-state index contributed by atoms with van der Waals surface area (Å²) in [6, 6.07) is 16.1. The summed E-state index contributed by atoms with van der Waals surface area (Å²) in [6.07, 6.45) is 6.18. The summed E-state index contributed by atoms with van der Waals surface area (Å²) < 4.78 is 11.6. The van der Waals surface area contributed by atoms with Crippen molar-refractivity contribution in [3.8, 4) is 45.3 Å². The molecule has 0 aliphatic carbocycles. The number of nitrogens with one attached hydrogen (secondary N) is 2. The van der Waals surface area contributed by atoms with E-state index in [1.807, 2.05) is 47.4 Å².